The van der Waals surface area contributed by atoms with Crippen LogP contribution in [0.5, 0.6) is 0 Å². The van der Waals surface area contributed by atoms with E-state index in [0.29, 0.717) is 11.8 Å². The molecule has 1 aliphatic heterocycles. The van der Waals surface area contributed by atoms with Crippen LogP contribution in [-0.2, 0) is 25.4 Å². The standard InChI is InChI=1S/C16H15F4N7O5S2/c17-10-11(28)7(4-31-34(22,29)30)32-15(10)27-13-9(12(21)24-5-25-13)14(26-27)33-8-3-6(1-2-23-8)16(18,19)20/h1-3,5,7,10-11,15,28H,4H2,(H2,21,24,25)(H2,22,29,30)/t7-,10+,11-,15-/m1/s1. The minimum absolute atomic E-state index is 0.00514. The van der Waals surface area contributed by atoms with E-state index < -0.39 is 53.3 Å². The number of aliphatic hydroxyl groups excluding tert-OH is 1. The average Bonchev–Trinajstić information content (AvgIpc) is 3.24. The van der Waals surface area contributed by atoms with Crippen LogP contribution >= 0.6 is 11.8 Å². The van der Waals surface area contributed by atoms with Gasteiger partial charge >= 0.3 is 16.5 Å². The molecule has 1 aliphatic rings. The number of anilines is 1. The van der Waals surface area contributed by atoms with Crippen LogP contribution < -0.4 is 10.9 Å². The molecule has 1 saturated heterocycles. The van der Waals surface area contributed by atoms with Crippen molar-refractivity contribution < 1.29 is 40.0 Å². The zero-order chi connectivity index (χ0) is 24.8. The Morgan fingerprint density at radius 1 is 1.29 bits per heavy atom. The summed E-state index contributed by atoms with van der Waals surface area (Å²) in [7, 11) is -4.38. The molecule has 0 bridgehead atoms. The Morgan fingerprint density at radius 3 is 2.71 bits per heavy atom. The van der Waals surface area contributed by atoms with Crippen molar-refractivity contribution in [3.05, 3.63) is 30.2 Å². The van der Waals surface area contributed by atoms with Crippen LogP contribution in [0.15, 0.2) is 34.7 Å². The molecule has 0 aliphatic carbocycles. The third-order valence-corrected chi connectivity index (χ3v) is 6.06. The molecule has 0 unspecified atom stereocenters. The maximum Gasteiger partial charge on any atom is 0.416 e. The lowest BCUT2D eigenvalue weighted by atomic mass is 10.1. The van der Waals surface area contributed by atoms with Gasteiger partial charge in [0.15, 0.2) is 18.0 Å². The predicted molar refractivity (Wildman–Crippen MR) is 107 cm³/mol. The molecule has 0 amide bonds. The molecule has 5 N–H and O–H groups in total. The van der Waals surface area contributed by atoms with Crippen LogP contribution in [0.1, 0.15) is 11.8 Å². The third-order valence-electron chi connectivity index (χ3n) is 4.68. The van der Waals surface area contributed by atoms with E-state index in [1.165, 1.54) is 0 Å². The van der Waals surface area contributed by atoms with Gasteiger partial charge in [0, 0.05) is 6.20 Å². The summed E-state index contributed by atoms with van der Waals surface area (Å²) >= 11 is 0.694. The van der Waals surface area contributed by atoms with Gasteiger partial charge in [-0.1, -0.05) is 0 Å². The van der Waals surface area contributed by atoms with Crippen LogP contribution in [0, 0.1) is 0 Å². The number of nitrogens with two attached hydrogens (primary N) is 2. The summed E-state index contributed by atoms with van der Waals surface area (Å²) < 4.78 is 86.7. The molecular formula is C16H15F4N7O5S2. The van der Waals surface area contributed by atoms with Crippen molar-refractivity contribution in [1.82, 2.24) is 24.7 Å². The Labute approximate surface area is 192 Å². The van der Waals surface area contributed by atoms with Crippen LogP contribution in [0.3, 0.4) is 0 Å². The number of pyridine rings is 1. The maximum absolute atomic E-state index is 14.9. The van der Waals surface area contributed by atoms with Gasteiger partial charge in [-0.15, -0.1) is 0 Å². The third kappa shape index (κ3) is 4.91. The number of ether oxygens (including phenoxy) is 1. The summed E-state index contributed by atoms with van der Waals surface area (Å²) in [5.41, 5.74) is 4.91. The van der Waals surface area contributed by atoms with Gasteiger partial charge in [0.25, 0.3) is 0 Å². The number of alkyl halides is 4. The average molecular weight is 525 g/mol. The van der Waals surface area contributed by atoms with E-state index in [1.54, 1.807) is 0 Å². The van der Waals surface area contributed by atoms with Crippen LogP contribution in [0.4, 0.5) is 23.4 Å². The highest BCUT2D eigenvalue weighted by Crippen LogP contribution is 2.40. The van der Waals surface area contributed by atoms with Gasteiger partial charge < -0.3 is 15.6 Å². The molecule has 3 aromatic rings. The molecule has 4 atom stereocenters. The number of aromatic nitrogens is 5. The highest BCUT2D eigenvalue weighted by molar-refractivity contribution is 7.99. The molecule has 184 valence electrons. The summed E-state index contributed by atoms with van der Waals surface area (Å²) in [6.07, 6.45) is -9.56. The van der Waals surface area contributed by atoms with Gasteiger partial charge in [-0.3, -0.25) is 4.18 Å². The molecule has 4 rings (SSSR count). The lowest BCUT2D eigenvalue weighted by Crippen LogP contribution is -2.33. The molecule has 1 fully saturated rings. The second-order valence-corrected chi connectivity index (χ2v) is 9.20. The van der Waals surface area contributed by atoms with Crippen LogP contribution in [0.25, 0.3) is 11.0 Å². The van der Waals surface area contributed by atoms with Crippen molar-refractivity contribution in [2.75, 3.05) is 12.3 Å². The van der Waals surface area contributed by atoms with Crippen LogP contribution in [-0.4, -0.2) is 63.2 Å². The molecule has 0 saturated carbocycles. The van der Waals surface area contributed by atoms with Crippen molar-refractivity contribution >= 4 is 38.9 Å². The fourth-order valence-electron chi connectivity index (χ4n) is 3.15. The van der Waals surface area contributed by atoms with E-state index >= 15 is 0 Å². The number of rotatable bonds is 6. The number of halogens is 4. The van der Waals surface area contributed by atoms with Gasteiger partial charge in [0.05, 0.1) is 17.6 Å². The predicted octanol–water partition coefficient (Wildman–Crippen LogP) is 0.790. The molecular weight excluding hydrogens is 510 g/mol. The number of aliphatic hydroxyl groups is 1. The SMILES string of the molecule is Nc1ncnc2c1c(Sc1cc(C(F)(F)F)ccn1)nn2[C@@H]1O[C@H](COS(N)(=O)=O)[C@@H](O)[C@@H]1F. The smallest absolute Gasteiger partial charge is 0.387 e. The molecule has 18 heteroatoms. The fraction of sp³-hybridized carbons (Fsp3) is 0.375. The van der Waals surface area contributed by atoms with E-state index in [4.69, 9.17) is 15.6 Å². The molecule has 34 heavy (non-hydrogen) atoms. The van der Waals surface area contributed by atoms with Crippen molar-refractivity contribution in [2.45, 2.75) is 40.8 Å². The normalized spacial score (nSPS) is 23.6. The van der Waals surface area contributed by atoms with E-state index in [-0.39, 0.29) is 26.9 Å². The fourth-order valence-corrected chi connectivity index (χ4v) is 4.40. The lowest BCUT2D eigenvalue weighted by molar-refractivity contribution is -0.137. The van der Waals surface area contributed by atoms with Gasteiger partial charge in [-0.25, -0.2) is 29.2 Å². The number of nitrogens with zero attached hydrogens (tertiary/aromatic N) is 5. The van der Waals surface area contributed by atoms with Crippen molar-refractivity contribution in [1.29, 1.82) is 0 Å². The van der Waals surface area contributed by atoms with E-state index in [2.05, 4.69) is 24.2 Å². The topological polar surface area (TPSA) is 181 Å². The van der Waals surface area contributed by atoms with Crippen molar-refractivity contribution in [3.63, 3.8) is 0 Å². The lowest BCUT2D eigenvalue weighted by Gasteiger charge is -2.14. The summed E-state index contributed by atoms with van der Waals surface area (Å²) in [6.45, 7) is -0.775. The zero-order valence-corrected chi connectivity index (χ0v) is 18.3. The summed E-state index contributed by atoms with van der Waals surface area (Å²) in [5.74, 6) is -0.103. The van der Waals surface area contributed by atoms with Crippen molar-refractivity contribution in [3.8, 4) is 0 Å². The first-order chi connectivity index (χ1) is 15.8. The second kappa shape index (κ2) is 8.86. The van der Waals surface area contributed by atoms with Crippen molar-refractivity contribution in [2.24, 2.45) is 5.14 Å². The van der Waals surface area contributed by atoms with Gasteiger partial charge in [0.2, 0.25) is 0 Å². The summed E-state index contributed by atoms with van der Waals surface area (Å²) in [4.78, 5) is 11.7. The zero-order valence-electron chi connectivity index (χ0n) is 16.6. The Balaban J connectivity index is 1.70. The molecule has 12 nitrogen and oxygen atoms in total. The Kier molecular flexibility index (Phi) is 6.38. The van der Waals surface area contributed by atoms with E-state index in [0.717, 1.165) is 29.3 Å². The summed E-state index contributed by atoms with van der Waals surface area (Å²) in [5, 5.41) is 19.0. The molecule has 0 spiro atoms. The second-order valence-electron chi connectivity index (χ2n) is 6.97. The molecule has 0 aromatic carbocycles. The van der Waals surface area contributed by atoms with Gasteiger partial charge in [0.1, 0.15) is 34.4 Å². The first-order valence-corrected chi connectivity index (χ1v) is 11.5. The first-order valence-electron chi connectivity index (χ1n) is 9.19. The Bertz CT molecular complexity index is 1320. The summed E-state index contributed by atoms with van der Waals surface area (Å²) in [6, 6.07) is 1.59. The molecule has 4 heterocycles. The Morgan fingerprint density at radius 2 is 2.03 bits per heavy atom. The Hall–Kier alpha value is -2.64. The minimum atomic E-state index is -4.61. The number of hydrogen-bond donors (Lipinski definition) is 3. The first kappa shape index (κ1) is 24.5. The quantitative estimate of drug-likeness (QED) is 0.387. The van der Waals surface area contributed by atoms with Gasteiger partial charge in [-0.2, -0.15) is 26.7 Å². The number of nitrogen functional groups attached to an aromatic ring is 1. The number of fused-ring (bicyclic) bond motifs is 1. The van der Waals surface area contributed by atoms with Gasteiger partial charge in [-0.05, 0) is 23.9 Å². The largest absolute Gasteiger partial charge is 0.416 e. The minimum Gasteiger partial charge on any atom is -0.387 e. The van der Waals surface area contributed by atoms with E-state index in [9.17, 15) is 31.1 Å². The molecule has 0 radical (unpaired) electrons. The highest BCUT2D eigenvalue weighted by Gasteiger charge is 2.47. The van der Waals surface area contributed by atoms with Crippen LogP contribution in [0.2, 0.25) is 0 Å². The maximum atomic E-state index is 14.9. The van der Waals surface area contributed by atoms with E-state index in [1.807, 2.05) is 0 Å². The number of hydrogen-bond acceptors (Lipinski definition) is 11. The highest BCUT2D eigenvalue weighted by atomic mass is 32.2. The monoisotopic (exact) mass is 525 g/mol. The molecule has 3 aromatic heterocycles.